The molecule has 0 spiro atoms. The Bertz CT molecular complexity index is 839. The Morgan fingerprint density at radius 1 is 1.24 bits per heavy atom. The van der Waals surface area contributed by atoms with Crippen LogP contribution in [0.2, 0.25) is 0 Å². The van der Waals surface area contributed by atoms with Crippen molar-refractivity contribution in [3.63, 3.8) is 0 Å². The summed E-state index contributed by atoms with van der Waals surface area (Å²) < 4.78 is 4.86. The normalized spacial score (nSPS) is 11.4. The molecule has 5 nitrogen and oxygen atoms in total. The molecule has 3 heterocycles. The third kappa shape index (κ3) is 2.63. The maximum Gasteiger partial charge on any atom is 0.179 e. The Labute approximate surface area is 128 Å². The van der Waals surface area contributed by atoms with Gasteiger partial charge in [-0.1, -0.05) is 0 Å². The van der Waals surface area contributed by atoms with E-state index in [1.165, 1.54) is 11.3 Å². The van der Waals surface area contributed by atoms with Gasteiger partial charge in [-0.05, 0) is 57.1 Å². The number of rotatable bonds is 4. The van der Waals surface area contributed by atoms with Crippen LogP contribution in [0.3, 0.4) is 0 Å². The topological polar surface area (TPSA) is 51.4 Å². The second-order valence-electron chi connectivity index (χ2n) is 5.41. The molecule has 3 aromatic heterocycles. The lowest BCUT2D eigenvalue weighted by Gasteiger charge is -2.06. The molecule has 3 aromatic rings. The molecule has 3 rings (SSSR count). The van der Waals surface area contributed by atoms with Crippen LogP contribution in [0.4, 0.5) is 0 Å². The lowest BCUT2D eigenvalue weighted by molar-refractivity contribution is 0.518. The lowest BCUT2D eigenvalue weighted by Crippen LogP contribution is -2.07. The number of aryl methyl sites for hydroxylation is 5. The van der Waals surface area contributed by atoms with Crippen LogP contribution in [0.25, 0.3) is 11.2 Å². The Kier molecular flexibility index (Phi) is 3.63. The van der Waals surface area contributed by atoms with E-state index in [0.717, 1.165) is 41.1 Å². The summed E-state index contributed by atoms with van der Waals surface area (Å²) in [4.78, 5) is 7.71. The van der Waals surface area contributed by atoms with Crippen LogP contribution in [0.1, 0.15) is 23.4 Å². The Morgan fingerprint density at radius 2 is 2.05 bits per heavy atom. The van der Waals surface area contributed by atoms with Gasteiger partial charge >= 0.3 is 0 Å². The summed E-state index contributed by atoms with van der Waals surface area (Å²) in [5, 5.41) is 4.49. The maximum atomic E-state index is 5.42. The summed E-state index contributed by atoms with van der Waals surface area (Å²) >= 11 is 5.42. The maximum absolute atomic E-state index is 5.42. The van der Waals surface area contributed by atoms with Crippen molar-refractivity contribution in [2.75, 3.05) is 0 Å². The van der Waals surface area contributed by atoms with Crippen molar-refractivity contribution in [3.8, 4) is 0 Å². The molecule has 0 radical (unpaired) electrons. The predicted octanol–water partition coefficient (Wildman–Crippen LogP) is 3.31. The van der Waals surface area contributed by atoms with E-state index in [1.54, 1.807) is 0 Å². The number of pyridine rings is 1. The van der Waals surface area contributed by atoms with Gasteiger partial charge in [0.05, 0.1) is 11.2 Å². The summed E-state index contributed by atoms with van der Waals surface area (Å²) in [6.07, 6.45) is 2.80. The average Bonchev–Trinajstić information content (AvgIpc) is 2.92. The first kappa shape index (κ1) is 14.0. The first-order valence-corrected chi connectivity index (χ1v) is 7.52. The largest absolute Gasteiger partial charge is 0.329 e. The first-order chi connectivity index (χ1) is 10.1. The fourth-order valence-corrected chi connectivity index (χ4v) is 2.94. The van der Waals surface area contributed by atoms with Gasteiger partial charge in [-0.15, -0.1) is 0 Å². The number of fused-ring (bicyclic) bond motifs is 1. The van der Waals surface area contributed by atoms with Crippen molar-refractivity contribution in [3.05, 3.63) is 40.1 Å². The highest BCUT2D eigenvalue weighted by atomic mass is 32.1. The molecule has 6 heteroatoms. The summed E-state index contributed by atoms with van der Waals surface area (Å²) in [7, 11) is 0. The average molecular weight is 301 g/mol. The van der Waals surface area contributed by atoms with Crippen LogP contribution in [0.15, 0.2) is 18.3 Å². The molecule has 0 fully saturated rings. The molecular weight excluding hydrogens is 282 g/mol. The number of hydrogen-bond donors (Lipinski definition) is 1. The van der Waals surface area contributed by atoms with Gasteiger partial charge in [0.2, 0.25) is 0 Å². The molecule has 0 saturated carbocycles. The molecular formula is C15H19N5S. The second-order valence-corrected chi connectivity index (χ2v) is 5.80. The van der Waals surface area contributed by atoms with Gasteiger partial charge < -0.3 is 9.55 Å². The molecule has 0 amide bonds. The zero-order valence-corrected chi connectivity index (χ0v) is 13.4. The molecule has 0 aliphatic heterocycles. The number of H-pyrrole nitrogens is 1. The molecule has 0 unspecified atom stereocenters. The number of nitrogens with zero attached hydrogens (tertiary/aromatic N) is 4. The van der Waals surface area contributed by atoms with E-state index in [9.17, 15) is 0 Å². The smallest absolute Gasteiger partial charge is 0.179 e. The minimum absolute atomic E-state index is 0.736. The van der Waals surface area contributed by atoms with Crippen LogP contribution < -0.4 is 0 Å². The van der Waals surface area contributed by atoms with Crippen molar-refractivity contribution in [1.82, 2.24) is 24.3 Å². The Hall–Kier alpha value is -1.95. The molecule has 21 heavy (non-hydrogen) atoms. The molecule has 110 valence electrons. The fraction of sp³-hybridized carbons (Fsp3) is 0.400. The fourth-order valence-electron chi connectivity index (χ4n) is 2.66. The second kappa shape index (κ2) is 5.44. The van der Waals surface area contributed by atoms with Crippen LogP contribution in [0, 0.1) is 25.5 Å². The Morgan fingerprint density at radius 3 is 2.76 bits per heavy atom. The highest BCUT2D eigenvalue weighted by Crippen LogP contribution is 2.16. The van der Waals surface area contributed by atoms with Crippen LogP contribution >= 0.6 is 12.2 Å². The molecule has 0 saturated heterocycles. The van der Waals surface area contributed by atoms with Gasteiger partial charge in [-0.3, -0.25) is 4.68 Å². The van der Waals surface area contributed by atoms with Gasteiger partial charge in [-0.2, -0.15) is 5.10 Å². The van der Waals surface area contributed by atoms with Crippen molar-refractivity contribution >= 4 is 23.4 Å². The third-order valence-corrected chi connectivity index (χ3v) is 4.05. The summed E-state index contributed by atoms with van der Waals surface area (Å²) in [5.74, 6) is 0. The van der Waals surface area contributed by atoms with Crippen molar-refractivity contribution in [1.29, 1.82) is 0 Å². The minimum atomic E-state index is 0.736. The van der Waals surface area contributed by atoms with Crippen LogP contribution in [0.5, 0.6) is 0 Å². The van der Waals surface area contributed by atoms with Crippen molar-refractivity contribution in [2.45, 2.75) is 40.3 Å². The predicted molar refractivity (Wildman–Crippen MR) is 86.0 cm³/mol. The molecule has 0 aliphatic rings. The number of aromatic amines is 1. The standard InChI is InChI=1S/C15H19N5S/c1-10-5-6-16-14-13(10)17-15(21)19(14)7-4-8-20-12(3)9-11(2)18-20/h5-6,9H,4,7-8H2,1-3H3,(H,17,21). The molecule has 0 aliphatic carbocycles. The lowest BCUT2D eigenvalue weighted by atomic mass is 10.3. The molecule has 0 aromatic carbocycles. The van der Waals surface area contributed by atoms with Gasteiger partial charge in [-0.25, -0.2) is 4.98 Å². The number of hydrogen-bond acceptors (Lipinski definition) is 3. The van der Waals surface area contributed by atoms with Crippen molar-refractivity contribution < 1.29 is 0 Å². The molecule has 0 atom stereocenters. The van der Waals surface area contributed by atoms with Gasteiger partial charge in [0.15, 0.2) is 10.4 Å². The monoisotopic (exact) mass is 301 g/mol. The summed E-state index contributed by atoms with van der Waals surface area (Å²) in [6, 6.07) is 4.09. The van der Waals surface area contributed by atoms with E-state index in [1.807, 2.05) is 23.9 Å². The van der Waals surface area contributed by atoms with Crippen LogP contribution in [-0.4, -0.2) is 24.3 Å². The van der Waals surface area contributed by atoms with E-state index in [4.69, 9.17) is 12.2 Å². The van der Waals surface area contributed by atoms with E-state index in [0.29, 0.717) is 0 Å². The van der Waals surface area contributed by atoms with E-state index in [-0.39, 0.29) is 0 Å². The zero-order valence-electron chi connectivity index (χ0n) is 12.6. The Balaban J connectivity index is 1.80. The number of aromatic nitrogens is 5. The quantitative estimate of drug-likeness (QED) is 0.752. The van der Waals surface area contributed by atoms with Gasteiger partial charge in [0, 0.05) is 25.0 Å². The van der Waals surface area contributed by atoms with Crippen LogP contribution in [-0.2, 0) is 13.1 Å². The van der Waals surface area contributed by atoms with E-state index < -0.39 is 0 Å². The molecule has 1 N–H and O–H groups in total. The minimum Gasteiger partial charge on any atom is -0.329 e. The van der Waals surface area contributed by atoms with E-state index in [2.05, 4.69) is 39.5 Å². The first-order valence-electron chi connectivity index (χ1n) is 7.11. The van der Waals surface area contributed by atoms with Crippen molar-refractivity contribution in [2.24, 2.45) is 0 Å². The highest BCUT2D eigenvalue weighted by molar-refractivity contribution is 7.71. The number of nitrogens with one attached hydrogen (secondary N) is 1. The zero-order chi connectivity index (χ0) is 15.0. The summed E-state index contributed by atoms with van der Waals surface area (Å²) in [6.45, 7) is 7.90. The third-order valence-electron chi connectivity index (χ3n) is 3.73. The highest BCUT2D eigenvalue weighted by Gasteiger charge is 2.08. The van der Waals surface area contributed by atoms with Gasteiger partial charge in [0.25, 0.3) is 0 Å². The van der Waals surface area contributed by atoms with E-state index >= 15 is 0 Å². The van der Waals surface area contributed by atoms with Gasteiger partial charge in [0.1, 0.15) is 0 Å². The molecule has 0 bridgehead atoms. The SMILES string of the molecule is Cc1cc(C)n(CCCn2c(=S)[nH]c3c(C)ccnc32)n1. The summed E-state index contributed by atoms with van der Waals surface area (Å²) in [5.41, 5.74) is 5.41. The number of imidazole rings is 1.